The van der Waals surface area contributed by atoms with E-state index in [2.05, 4.69) is 11.9 Å². The summed E-state index contributed by atoms with van der Waals surface area (Å²) < 4.78 is 5.88. The number of likely N-dealkylation sites (tertiary alicyclic amines) is 1. The third-order valence-electron chi connectivity index (χ3n) is 4.74. The molecule has 5 nitrogen and oxygen atoms in total. The Kier molecular flexibility index (Phi) is 8.60. The molecular weight excluding hydrogens is 373 g/mol. The number of amides is 1. The van der Waals surface area contributed by atoms with E-state index < -0.39 is 0 Å². The van der Waals surface area contributed by atoms with Gasteiger partial charge in [-0.1, -0.05) is 30.3 Å². The van der Waals surface area contributed by atoms with Crippen molar-refractivity contribution in [2.45, 2.75) is 39.2 Å². The minimum absolute atomic E-state index is 0. The van der Waals surface area contributed by atoms with E-state index in [0.29, 0.717) is 31.2 Å². The van der Waals surface area contributed by atoms with Gasteiger partial charge in [-0.15, -0.1) is 24.8 Å². The highest BCUT2D eigenvalue weighted by atomic mass is 35.5. The SMILES string of the molecule is Cc1nc(CCC(=O)N2CC(CN)CC2C)oc1-c1ccccc1.Cl.Cl. The number of rotatable bonds is 5. The van der Waals surface area contributed by atoms with Crippen LogP contribution in [0, 0.1) is 12.8 Å². The Morgan fingerprint density at radius 3 is 2.62 bits per heavy atom. The van der Waals surface area contributed by atoms with E-state index in [9.17, 15) is 4.79 Å². The molecule has 0 radical (unpaired) electrons. The molecule has 1 aliphatic rings. The molecule has 144 valence electrons. The third kappa shape index (κ3) is 5.00. The van der Waals surface area contributed by atoms with E-state index in [1.165, 1.54) is 0 Å². The van der Waals surface area contributed by atoms with E-state index >= 15 is 0 Å². The number of nitrogens with zero attached hydrogens (tertiary/aromatic N) is 2. The molecule has 2 atom stereocenters. The summed E-state index contributed by atoms with van der Waals surface area (Å²) in [6.45, 7) is 5.45. The number of aryl methyl sites for hydroxylation is 2. The van der Waals surface area contributed by atoms with Crippen molar-refractivity contribution < 1.29 is 9.21 Å². The number of carbonyl (C=O) groups is 1. The van der Waals surface area contributed by atoms with Gasteiger partial charge in [-0.2, -0.15) is 0 Å². The highest BCUT2D eigenvalue weighted by Crippen LogP contribution is 2.26. The number of hydrogen-bond acceptors (Lipinski definition) is 4. The summed E-state index contributed by atoms with van der Waals surface area (Å²) in [4.78, 5) is 18.9. The van der Waals surface area contributed by atoms with Crippen LogP contribution in [0.3, 0.4) is 0 Å². The van der Waals surface area contributed by atoms with Crippen LogP contribution in [0.2, 0.25) is 0 Å². The number of aromatic nitrogens is 1. The van der Waals surface area contributed by atoms with E-state index in [1.54, 1.807) is 0 Å². The molecule has 0 saturated carbocycles. The normalized spacial score (nSPS) is 19.0. The predicted octanol–water partition coefficient (Wildman–Crippen LogP) is 3.62. The summed E-state index contributed by atoms with van der Waals surface area (Å²) in [7, 11) is 0. The van der Waals surface area contributed by atoms with Crippen LogP contribution in [-0.2, 0) is 11.2 Å². The largest absolute Gasteiger partial charge is 0.440 e. The first-order chi connectivity index (χ1) is 11.6. The second kappa shape index (κ2) is 9.95. The van der Waals surface area contributed by atoms with Crippen molar-refractivity contribution in [1.82, 2.24) is 9.88 Å². The van der Waals surface area contributed by atoms with Gasteiger partial charge in [0.25, 0.3) is 0 Å². The summed E-state index contributed by atoms with van der Waals surface area (Å²) in [6, 6.07) is 10.2. The average molecular weight is 400 g/mol. The van der Waals surface area contributed by atoms with Gasteiger partial charge in [0, 0.05) is 31.0 Å². The monoisotopic (exact) mass is 399 g/mol. The summed E-state index contributed by atoms with van der Waals surface area (Å²) in [5.74, 6) is 2.01. The first kappa shape index (κ1) is 22.5. The fourth-order valence-corrected chi connectivity index (χ4v) is 3.43. The lowest BCUT2D eigenvalue weighted by atomic mass is 10.1. The predicted molar refractivity (Wildman–Crippen MR) is 108 cm³/mol. The first-order valence-electron chi connectivity index (χ1n) is 8.59. The summed E-state index contributed by atoms with van der Waals surface area (Å²) in [5.41, 5.74) is 7.61. The van der Waals surface area contributed by atoms with E-state index in [1.807, 2.05) is 42.2 Å². The third-order valence-corrected chi connectivity index (χ3v) is 4.74. The van der Waals surface area contributed by atoms with Gasteiger partial charge in [0.1, 0.15) is 0 Å². The van der Waals surface area contributed by atoms with Crippen molar-refractivity contribution >= 4 is 30.7 Å². The molecule has 2 heterocycles. The molecule has 2 unspecified atom stereocenters. The van der Waals surface area contributed by atoms with Crippen LogP contribution in [0.25, 0.3) is 11.3 Å². The minimum Gasteiger partial charge on any atom is -0.440 e. The molecule has 1 aromatic carbocycles. The molecule has 1 amide bonds. The van der Waals surface area contributed by atoms with Crippen LogP contribution >= 0.6 is 24.8 Å². The van der Waals surface area contributed by atoms with E-state index in [-0.39, 0.29) is 36.8 Å². The quantitative estimate of drug-likeness (QED) is 0.832. The lowest BCUT2D eigenvalue weighted by Gasteiger charge is -2.21. The van der Waals surface area contributed by atoms with Crippen LogP contribution in [-0.4, -0.2) is 34.9 Å². The Balaban J connectivity index is 0.00000169. The van der Waals surface area contributed by atoms with Crippen LogP contribution in [0.15, 0.2) is 34.7 Å². The molecule has 0 aliphatic carbocycles. The van der Waals surface area contributed by atoms with Gasteiger partial charge in [0.05, 0.1) is 5.69 Å². The van der Waals surface area contributed by atoms with Crippen LogP contribution in [0.5, 0.6) is 0 Å². The lowest BCUT2D eigenvalue weighted by molar-refractivity contribution is -0.131. The van der Waals surface area contributed by atoms with Crippen LogP contribution in [0.1, 0.15) is 31.4 Å². The highest BCUT2D eigenvalue weighted by Gasteiger charge is 2.31. The zero-order chi connectivity index (χ0) is 17.1. The second-order valence-electron chi connectivity index (χ2n) is 6.62. The van der Waals surface area contributed by atoms with Crippen molar-refractivity contribution in [3.05, 3.63) is 41.9 Å². The fourth-order valence-electron chi connectivity index (χ4n) is 3.43. The molecule has 0 spiro atoms. The standard InChI is InChI=1S/C19H25N3O2.2ClH/c1-13-10-15(11-20)12-22(13)18(23)9-8-17-21-14(2)19(24-17)16-6-4-3-5-7-16;;/h3-7,13,15H,8-12,20H2,1-2H3;2*1H. The van der Waals surface area contributed by atoms with E-state index in [0.717, 1.165) is 30.0 Å². The maximum absolute atomic E-state index is 12.5. The first-order valence-corrected chi connectivity index (χ1v) is 8.59. The minimum atomic E-state index is 0. The van der Waals surface area contributed by atoms with Gasteiger partial charge in [-0.3, -0.25) is 4.79 Å². The maximum atomic E-state index is 12.5. The molecule has 3 rings (SSSR count). The average Bonchev–Trinajstić information content (AvgIpc) is 3.16. The number of oxazole rings is 1. The smallest absolute Gasteiger partial charge is 0.223 e. The van der Waals surface area contributed by atoms with Gasteiger partial charge in [0.15, 0.2) is 11.7 Å². The fraction of sp³-hybridized carbons (Fsp3) is 0.474. The highest BCUT2D eigenvalue weighted by molar-refractivity contribution is 5.85. The number of benzene rings is 1. The lowest BCUT2D eigenvalue weighted by Crippen LogP contribution is -2.34. The summed E-state index contributed by atoms with van der Waals surface area (Å²) in [6.07, 6.45) is 1.96. The molecule has 0 bridgehead atoms. The Labute approximate surface area is 167 Å². The molecular formula is C19H27Cl2N3O2. The Morgan fingerprint density at radius 1 is 1.31 bits per heavy atom. The second-order valence-corrected chi connectivity index (χ2v) is 6.62. The van der Waals surface area contributed by atoms with Crippen molar-refractivity contribution in [3.8, 4) is 11.3 Å². The molecule has 26 heavy (non-hydrogen) atoms. The van der Waals surface area contributed by atoms with Crippen molar-refractivity contribution in [3.63, 3.8) is 0 Å². The summed E-state index contributed by atoms with van der Waals surface area (Å²) >= 11 is 0. The molecule has 1 saturated heterocycles. The van der Waals surface area contributed by atoms with Gasteiger partial charge in [0.2, 0.25) is 5.91 Å². The van der Waals surface area contributed by atoms with E-state index in [4.69, 9.17) is 10.2 Å². The maximum Gasteiger partial charge on any atom is 0.223 e. The zero-order valence-corrected chi connectivity index (χ0v) is 16.8. The zero-order valence-electron chi connectivity index (χ0n) is 15.2. The Hall–Kier alpha value is -1.56. The van der Waals surface area contributed by atoms with Crippen molar-refractivity contribution in [1.29, 1.82) is 0 Å². The van der Waals surface area contributed by atoms with Gasteiger partial charge < -0.3 is 15.1 Å². The van der Waals surface area contributed by atoms with Crippen molar-refractivity contribution in [2.75, 3.05) is 13.1 Å². The molecule has 2 aromatic rings. The van der Waals surface area contributed by atoms with Gasteiger partial charge in [-0.25, -0.2) is 4.98 Å². The van der Waals surface area contributed by atoms with Crippen LogP contribution < -0.4 is 5.73 Å². The molecule has 1 fully saturated rings. The van der Waals surface area contributed by atoms with Crippen molar-refractivity contribution in [2.24, 2.45) is 11.7 Å². The molecule has 1 aliphatic heterocycles. The topological polar surface area (TPSA) is 72.4 Å². The number of hydrogen-bond donors (Lipinski definition) is 1. The molecule has 2 N–H and O–H groups in total. The molecule has 7 heteroatoms. The number of carbonyl (C=O) groups excluding carboxylic acids is 1. The van der Waals surface area contributed by atoms with Gasteiger partial charge in [-0.05, 0) is 32.7 Å². The van der Waals surface area contributed by atoms with Gasteiger partial charge >= 0.3 is 0 Å². The number of nitrogens with two attached hydrogens (primary N) is 1. The summed E-state index contributed by atoms with van der Waals surface area (Å²) in [5, 5.41) is 0. The number of halogens is 2. The Morgan fingerprint density at radius 2 is 2.00 bits per heavy atom. The van der Waals surface area contributed by atoms with Crippen LogP contribution in [0.4, 0.5) is 0 Å². The molecule has 1 aromatic heterocycles. The Bertz CT molecular complexity index is 706.